The molecule has 0 aliphatic carbocycles. The van der Waals surface area contributed by atoms with Crippen molar-refractivity contribution in [3.8, 4) is 0 Å². The van der Waals surface area contributed by atoms with E-state index in [1.54, 1.807) is 20.8 Å². The lowest BCUT2D eigenvalue weighted by Crippen LogP contribution is -2.61. The Hall–Kier alpha value is -3.07. The molecule has 1 saturated heterocycles. The Kier molecular flexibility index (Phi) is 12.1. The van der Waals surface area contributed by atoms with Gasteiger partial charge in [-0.25, -0.2) is 9.59 Å². The number of ether oxygens (including phenoxy) is 6. The van der Waals surface area contributed by atoms with Gasteiger partial charge in [-0.2, -0.15) is 0 Å². The predicted molar refractivity (Wildman–Crippen MR) is 125 cm³/mol. The Morgan fingerprint density at radius 2 is 1.38 bits per heavy atom. The van der Waals surface area contributed by atoms with Gasteiger partial charge in [0, 0.05) is 33.4 Å². The standard InChI is InChI=1S/C22H33NO13S/c1-10(24)31-8-15-16(32-11(2)25)17(33-12(3)26)18(34-13(4)27)20(35-15)37-9-14(19(28)29)23-21(30)36-22(5,6)7/h14-18,20H,8-9H2,1-7H3,(H,23,30)(H,28,29)/t14-,15+,16+,17-,18+,20+/m0/s1. The molecule has 0 radical (unpaired) electrons. The molecule has 0 saturated carbocycles. The lowest BCUT2D eigenvalue weighted by atomic mass is 9.99. The zero-order valence-electron chi connectivity index (χ0n) is 21.6. The molecule has 0 aromatic rings. The minimum Gasteiger partial charge on any atom is -0.480 e. The number of rotatable bonds is 10. The van der Waals surface area contributed by atoms with Crippen molar-refractivity contribution in [3.05, 3.63) is 0 Å². The molecule has 14 nitrogen and oxygen atoms in total. The van der Waals surface area contributed by atoms with Crippen LogP contribution in [0.4, 0.5) is 4.79 Å². The molecule has 1 amide bonds. The first kappa shape index (κ1) is 32.0. The minimum absolute atomic E-state index is 0.303. The van der Waals surface area contributed by atoms with E-state index in [2.05, 4.69) is 5.32 Å². The number of nitrogens with one attached hydrogen (secondary N) is 1. The molecule has 0 spiro atoms. The second-order valence-electron chi connectivity index (χ2n) is 8.94. The monoisotopic (exact) mass is 551 g/mol. The van der Waals surface area contributed by atoms with Gasteiger partial charge in [0.15, 0.2) is 18.3 Å². The molecule has 1 rings (SSSR count). The number of thioether (sulfide) groups is 1. The van der Waals surface area contributed by atoms with Crippen LogP contribution in [0.15, 0.2) is 0 Å². The smallest absolute Gasteiger partial charge is 0.408 e. The van der Waals surface area contributed by atoms with E-state index in [0.29, 0.717) is 0 Å². The number of alkyl carbamates (subject to hydrolysis) is 1. The van der Waals surface area contributed by atoms with Crippen LogP contribution in [0.2, 0.25) is 0 Å². The first-order valence-electron chi connectivity index (χ1n) is 11.1. The molecule has 0 aromatic heterocycles. The quantitative estimate of drug-likeness (QED) is 0.286. The highest BCUT2D eigenvalue weighted by atomic mass is 32.2. The van der Waals surface area contributed by atoms with Crippen LogP contribution in [0.1, 0.15) is 48.5 Å². The average molecular weight is 552 g/mol. The van der Waals surface area contributed by atoms with Gasteiger partial charge >= 0.3 is 35.9 Å². The maximum Gasteiger partial charge on any atom is 0.408 e. The largest absolute Gasteiger partial charge is 0.480 e. The summed E-state index contributed by atoms with van der Waals surface area (Å²) in [6.45, 7) is 8.80. The van der Waals surface area contributed by atoms with Crippen molar-refractivity contribution < 1.29 is 62.3 Å². The maximum absolute atomic E-state index is 12.1. The number of carbonyl (C=O) groups is 6. The summed E-state index contributed by atoms with van der Waals surface area (Å²) in [6, 6.07) is -1.45. The van der Waals surface area contributed by atoms with Crippen molar-refractivity contribution in [3.63, 3.8) is 0 Å². The van der Waals surface area contributed by atoms with Gasteiger partial charge in [0.1, 0.15) is 29.8 Å². The average Bonchev–Trinajstić information content (AvgIpc) is 2.70. The molecule has 1 aliphatic heterocycles. The van der Waals surface area contributed by atoms with E-state index in [1.165, 1.54) is 0 Å². The predicted octanol–water partition coefficient (Wildman–Crippen LogP) is 0.781. The third-order valence-electron chi connectivity index (χ3n) is 4.36. The van der Waals surface area contributed by atoms with Crippen LogP contribution < -0.4 is 5.32 Å². The topological polar surface area (TPSA) is 190 Å². The third kappa shape index (κ3) is 11.7. The second kappa shape index (κ2) is 14.0. The van der Waals surface area contributed by atoms with Crippen molar-refractivity contribution in [1.82, 2.24) is 5.32 Å². The van der Waals surface area contributed by atoms with Gasteiger partial charge in [-0.15, -0.1) is 11.8 Å². The summed E-state index contributed by atoms with van der Waals surface area (Å²) >= 11 is 0.811. The van der Waals surface area contributed by atoms with Crippen LogP contribution in [0, 0.1) is 0 Å². The lowest BCUT2D eigenvalue weighted by molar-refractivity contribution is -0.237. The van der Waals surface area contributed by atoms with Gasteiger partial charge in [-0.3, -0.25) is 19.2 Å². The van der Waals surface area contributed by atoms with Crippen LogP contribution in [0.5, 0.6) is 0 Å². The van der Waals surface area contributed by atoms with Crippen molar-refractivity contribution in [2.75, 3.05) is 12.4 Å². The summed E-state index contributed by atoms with van der Waals surface area (Å²) in [5.41, 5.74) is -2.07. The normalized spacial score (nSPS) is 24.1. The van der Waals surface area contributed by atoms with Crippen molar-refractivity contribution >= 4 is 47.7 Å². The van der Waals surface area contributed by atoms with Crippen LogP contribution in [0.3, 0.4) is 0 Å². The molecule has 0 bridgehead atoms. The molecule has 1 heterocycles. The summed E-state index contributed by atoms with van der Waals surface area (Å²) < 4.78 is 31.9. The SMILES string of the molecule is CC(=O)OC[C@H]1O[C@H](SC[C@H](NC(=O)OC(C)(C)C)C(=O)O)[C@H](OC(C)=O)[C@@H](OC(C)=O)[C@@H]1OC(C)=O. The number of hydrogen-bond acceptors (Lipinski definition) is 13. The van der Waals surface area contributed by atoms with Crippen molar-refractivity contribution in [2.45, 2.75) is 90.0 Å². The molecule has 0 unspecified atom stereocenters. The summed E-state index contributed by atoms with van der Waals surface area (Å²) in [5.74, 6) is -4.73. The maximum atomic E-state index is 12.1. The van der Waals surface area contributed by atoms with Crippen LogP contribution in [-0.4, -0.2) is 94.9 Å². The van der Waals surface area contributed by atoms with E-state index in [-0.39, 0.29) is 5.75 Å². The Labute approximate surface area is 218 Å². The molecular formula is C22H33NO13S. The van der Waals surface area contributed by atoms with E-state index in [1.807, 2.05) is 0 Å². The van der Waals surface area contributed by atoms with E-state index in [0.717, 1.165) is 39.5 Å². The van der Waals surface area contributed by atoms with E-state index in [4.69, 9.17) is 28.4 Å². The summed E-state index contributed by atoms with van der Waals surface area (Å²) in [6.07, 6.45) is -6.23. The highest BCUT2D eigenvalue weighted by Crippen LogP contribution is 2.34. The number of carboxylic acid groups (broad SMARTS) is 1. The molecule has 0 aromatic carbocycles. The van der Waals surface area contributed by atoms with Crippen LogP contribution in [-0.2, 0) is 52.4 Å². The fourth-order valence-corrected chi connectivity index (χ4v) is 4.37. The molecule has 15 heteroatoms. The van der Waals surface area contributed by atoms with Crippen molar-refractivity contribution in [2.24, 2.45) is 0 Å². The van der Waals surface area contributed by atoms with E-state index < -0.39 is 84.0 Å². The Morgan fingerprint density at radius 3 is 1.84 bits per heavy atom. The summed E-state index contributed by atoms with van der Waals surface area (Å²) in [7, 11) is 0. The molecule has 37 heavy (non-hydrogen) atoms. The van der Waals surface area contributed by atoms with Gasteiger partial charge in [-0.05, 0) is 20.8 Å². The highest BCUT2D eigenvalue weighted by Gasteiger charge is 2.52. The van der Waals surface area contributed by atoms with Crippen LogP contribution >= 0.6 is 11.8 Å². The van der Waals surface area contributed by atoms with Gasteiger partial charge in [0.05, 0.1) is 0 Å². The molecule has 1 fully saturated rings. The summed E-state index contributed by atoms with van der Waals surface area (Å²) in [4.78, 5) is 70.8. The number of esters is 4. The molecule has 6 atom stereocenters. The molecule has 210 valence electrons. The Bertz CT molecular complexity index is 871. The zero-order valence-corrected chi connectivity index (χ0v) is 22.4. The van der Waals surface area contributed by atoms with Gasteiger partial charge in [0.25, 0.3) is 0 Å². The highest BCUT2D eigenvalue weighted by molar-refractivity contribution is 7.99. The summed E-state index contributed by atoms with van der Waals surface area (Å²) in [5, 5.41) is 11.8. The van der Waals surface area contributed by atoms with E-state index >= 15 is 0 Å². The van der Waals surface area contributed by atoms with E-state index in [9.17, 15) is 33.9 Å². The Balaban J connectivity index is 3.27. The van der Waals surface area contributed by atoms with Gasteiger partial charge in [-0.1, -0.05) is 0 Å². The first-order valence-corrected chi connectivity index (χ1v) is 12.2. The fraction of sp³-hybridized carbons (Fsp3) is 0.727. The van der Waals surface area contributed by atoms with Gasteiger partial charge in [0.2, 0.25) is 0 Å². The van der Waals surface area contributed by atoms with Crippen LogP contribution in [0.25, 0.3) is 0 Å². The third-order valence-corrected chi connectivity index (χ3v) is 5.60. The number of carboxylic acids is 1. The molecular weight excluding hydrogens is 518 g/mol. The number of hydrogen-bond donors (Lipinski definition) is 2. The number of amides is 1. The fourth-order valence-electron chi connectivity index (χ4n) is 3.14. The number of aliphatic carboxylic acids is 1. The second-order valence-corrected chi connectivity index (χ2v) is 10.1. The molecule has 2 N–H and O–H groups in total. The zero-order chi connectivity index (χ0) is 28.5. The Morgan fingerprint density at radius 1 is 0.865 bits per heavy atom. The molecule has 1 aliphatic rings. The first-order chi connectivity index (χ1) is 17.0. The lowest BCUT2D eigenvalue weighted by Gasteiger charge is -2.44. The minimum atomic E-state index is -1.45. The number of carbonyl (C=O) groups excluding carboxylic acids is 5. The van der Waals surface area contributed by atoms with Crippen molar-refractivity contribution in [1.29, 1.82) is 0 Å². The van der Waals surface area contributed by atoms with Gasteiger partial charge < -0.3 is 38.8 Å².